The minimum absolute atomic E-state index is 0.0970. The molecule has 3 aromatic rings. The average Bonchev–Trinajstić information content (AvgIpc) is 3.25. The molecule has 0 N–H and O–H groups in total. The topological polar surface area (TPSA) is 69.9 Å². The fourth-order valence-electron chi connectivity index (χ4n) is 3.74. The normalized spacial score (nSPS) is 18.0. The molecule has 7 heteroatoms. The Bertz CT molecular complexity index is 1020. The Kier molecular flexibility index (Phi) is 4.36. The van der Waals surface area contributed by atoms with E-state index in [4.69, 9.17) is 4.74 Å². The predicted molar refractivity (Wildman–Crippen MR) is 106 cm³/mol. The summed E-state index contributed by atoms with van der Waals surface area (Å²) in [6, 6.07) is 8.33. The van der Waals surface area contributed by atoms with Crippen LogP contribution in [0.15, 0.2) is 36.0 Å². The molecule has 2 aliphatic rings. The number of aromatic nitrogens is 4. The van der Waals surface area contributed by atoms with Crippen LogP contribution >= 0.6 is 11.3 Å². The molecule has 5 rings (SSSR count). The number of ketones is 1. The predicted octanol–water partition coefficient (Wildman–Crippen LogP) is 3.09. The van der Waals surface area contributed by atoms with Crippen molar-refractivity contribution in [2.24, 2.45) is 7.05 Å². The highest BCUT2D eigenvalue weighted by atomic mass is 32.1. The minimum atomic E-state index is -0.0970. The van der Waals surface area contributed by atoms with Crippen molar-refractivity contribution in [1.29, 1.82) is 0 Å². The number of aryl methyl sites for hydroxylation is 1. The van der Waals surface area contributed by atoms with Gasteiger partial charge >= 0.3 is 0 Å². The molecule has 2 aromatic heterocycles. The molecule has 1 saturated carbocycles. The SMILES string of the molecule is Cn1cnnc1CC1(c2cccc(CC(=O)c3nc(C4CC4)cs3)c2)COC1. The van der Waals surface area contributed by atoms with Gasteiger partial charge in [-0.2, -0.15) is 0 Å². The van der Waals surface area contributed by atoms with Crippen molar-refractivity contribution in [3.8, 4) is 0 Å². The second kappa shape index (κ2) is 6.90. The molecule has 1 saturated heterocycles. The van der Waals surface area contributed by atoms with Crippen molar-refractivity contribution in [2.75, 3.05) is 13.2 Å². The number of Topliss-reactive ketones (excluding diaryl/α,β-unsaturated/α-hetero) is 1. The molecule has 0 spiro atoms. The zero-order valence-corrected chi connectivity index (χ0v) is 16.6. The van der Waals surface area contributed by atoms with E-state index in [1.165, 1.54) is 29.7 Å². The molecule has 0 atom stereocenters. The third-order valence-electron chi connectivity index (χ3n) is 5.72. The van der Waals surface area contributed by atoms with Crippen LogP contribution in [0.2, 0.25) is 0 Å². The maximum atomic E-state index is 12.7. The summed E-state index contributed by atoms with van der Waals surface area (Å²) in [5.74, 6) is 1.63. The Labute approximate surface area is 167 Å². The standard InChI is InChI=1S/C21H22N4O2S/c1-25-13-22-24-19(25)9-21(11-27-12-21)16-4-2-3-14(7-16)8-18(26)20-23-17(10-28-20)15-5-6-15/h2-4,7,10,13,15H,5-6,8-9,11-12H2,1H3. The molecule has 0 bridgehead atoms. The van der Waals surface area contributed by atoms with E-state index in [1.54, 1.807) is 6.33 Å². The molecule has 1 aliphatic heterocycles. The van der Waals surface area contributed by atoms with Crippen LogP contribution in [-0.2, 0) is 30.0 Å². The van der Waals surface area contributed by atoms with Gasteiger partial charge in [-0.25, -0.2) is 4.98 Å². The fraction of sp³-hybridized carbons (Fsp3) is 0.429. The van der Waals surface area contributed by atoms with Gasteiger partial charge < -0.3 is 9.30 Å². The van der Waals surface area contributed by atoms with E-state index < -0.39 is 0 Å². The molecular formula is C21H22N4O2S. The first kappa shape index (κ1) is 17.7. The molecular weight excluding hydrogens is 372 g/mol. The molecule has 2 fully saturated rings. The number of benzene rings is 1. The van der Waals surface area contributed by atoms with E-state index in [1.807, 2.05) is 29.1 Å². The van der Waals surface area contributed by atoms with E-state index in [0.29, 0.717) is 30.6 Å². The number of ether oxygens (including phenoxy) is 1. The van der Waals surface area contributed by atoms with Crippen LogP contribution in [0, 0.1) is 0 Å². The number of carbonyl (C=O) groups is 1. The van der Waals surface area contributed by atoms with Crippen LogP contribution in [0.5, 0.6) is 0 Å². The van der Waals surface area contributed by atoms with Crippen molar-refractivity contribution in [2.45, 2.75) is 37.0 Å². The molecule has 1 aliphatic carbocycles. The Morgan fingerprint density at radius 2 is 2.21 bits per heavy atom. The largest absolute Gasteiger partial charge is 0.379 e. The van der Waals surface area contributed by atoms with Crippen LogP contribution in [0.25, 0.3) is 0 Å². The van der Waals surface area contributed by atoms with Crippen molar-refractivity contribution < 1.29 is 9.53 Å². The van der Waals surface area contributed by atoms with Gasteiger partial charge in [-0.3, -0.25) is 4.79 Å². The minimum Gasteiger partial charge on any atom is -0.379 e. The first-order valence-electron chi connectivity index (χ1n) is 9.62. The number of thiazole rings is 1. The third kappa shape index (κ3) is 3.29. The van der Waals surface area contributed by atoms with Gasteiger partial charge in [0.25, 0.3) is 0 Å². The summed E-state index contributed by atoms with van der Waals surface area (Å²) in [6.45, 7) is 1.32. The van der Waals surface area contributed by atoms with Crippen LogP contribution < -0.4 is 0 Å². The highest BCUT2D eigenvalue weighted by molar-refractivity contribution is 7.11. The molecule has 28 heavy (non-hydrogen) atoms. The summed E-state index contributed by atoms with van der Waals surface area (Å²) in [5, 5.41) is 10.9. The Balaban J connectivity index is 1.35. The van der Waals surface area contributed by atoms with Crippen molar-refractivity contribution in [3.05, 3.63) is 63.6 Å². The lowest BCUT2D eigenvalue weighted by atomic mass is 9.75. The lowest BCUT2D eigenvalue weighted by Crippen LogP contribution is -2.49. The first-order valence-corrected chi connectivity index (χ1v) is 10.5. The van der Waals surface area contributed by atoms with Crippen molar-refractivity contribution in [1.82, 2.24) is 19.7 Å². The summed E-state index contributed by atoms with van der Waals surface area (Å²) in [7, 11) is 1.96. The van der Waals surface area contributed by atoms with E-state index >= 15 is 0 Å². The van der Waals surface area contributed by atoms with Gasteiger partial charge in [0.2, 0.25) is 0 Å². The summed E-state index contributed by atoms with van der Waals surface area (Å²) in [6.07, 6.45) is 5.29. The van der Waals surface area contributed by atoms with Gasteiger partial charge in [0.1, 0.15) is 12.2 Å². The number of hydrogen-bond donors (Lipinski definition) is 0. The monoisotopic (exact) mass is 394 g/mol. The number of carbonyl (C=O) groups excluding carboxylic acids is 1. The Hall–Kier alpha value is -2.38. The Morgan fingerprint density at radius 3 is 2.89 bits per heavy atom. The summed E-state index contributed by atoms with van der Waals surface area (Å²) < 4.78 is 7.52. The fourth-order valence-corrected chi connectivity index (χ4v) is 4.58. The second-order valence-corrected chi connectivity index (χ2v) is 8.82. The number of nitrogens with zero attached hydrogens (tertiary/aromatic N) is 4. The van der Waals surface area contributed by atoms with Gasteiger partial charge in [0, 0.05) is 36.6 Å². The second-order valence-electron chi connectivity index (χ2n) is 7.96. The van der Waals surface area contributed by atoms with Crippen LogP contribution in [0.1, 0.15) is 51.2 Å². The average molecular weight is 395 g/mol. The quantitative estimate of drug-likeness (QED) is 0.576. The van der Waals surface area contributed by atoms with Gasteiger partial charge in [-0.15, -0.1) is 21.5 Å². The molecule has 6 nitrogen and oxygen atoms in total. The van der Waals surface area contributed by atoms with E-state index in [-0.39, 0.29) is 11.2 Å². The van der Waals surface area contributed by atoms with Crippen LogP contribution in [0.4, 0.5) is 0 Å². The highest BCUT2D eigenvalue weighted by Crippen LogP contribution is 2.40. The van der Waals surface area contributed by atoms with Gasteiger partial charge in [-0.05, 0) is 24.0 Å². The van der Waals surface area contributed by atoms with E-state index in [9.17, 15) is 4.79 Å². The smallest absolute Gasteiger partial charge is 0.195 e. The van der Waals surface area contributed by atoms with Crippen LogP contribution in [-0.4, -0.2) is 38.7 Å². The summed E-state index contributed by atoms with van der Waals surface area (Å²) in [5.41, 5.74) is 3.22. The number of rotatable bonds is 7. The molecule has 0 amide bonds. The lowest BCUT2D eigenvalue weighted by Gasteiger charge is -2.42. The molecule has 144 valence electrons. The molecule has 3 heterocycles. The van der Waals surface area contributed by atoms with E-state index in [2.05, 4.69) is 27.3 Å². The Morgan fingerprint density at radius 1 is 1.36 bits per heavy atom. The van der Waals surface area contributed by atoms with Crippen molar-refractivity contribution in [3.63, 3.8) is 0 Å². The van der Waals surface area contributed by atoms with Gasteiger partial charge in [0.05, 0.1) is 18.9 Å². The first-order chi connectivity index (χ1) is 13.6. The van der Waals surface area contributed by atoms with E-state index in [0.717, 1.165) is 23.5 Å². The lowest BCUT2D eigenvalue weighted by molar-refractivity contribution is -0.0611. The molecule has 0 radical (unpaired) electrons. The zero-order valence-electron chi connectivity index (χ0n) is 15.8. The maximum absolute atomic E-state index is 12.7. The number of hydrogen-bond acceptors (Lipinski definition) is 6. The zero-order chi connectivity index (χ0) is 19.1. The van der Waals surface area contributed by atoms with Crippen molar-refractivity contribution >= 4 is 17.1 Å². The molecule has 1 aromatic carbocycles. The maximum Gasteiger partial charge on any atom is 0.195 e. The van der Waals surface area contributed by atoms with Gasteiger partial charge in [0.15, 0.2) is 10.8 Å². The summed E-state index contributed by atoms with van der Waals surface area (Å²) in [4.78, 5) is 17.3. The van der Waals surface area contributed by atoms with Gasteiger partial charge in [-0.1, -0.05) is 24.3 Å². The molecule has 0 unspecified atom stereocenters. The third-order valence-corrected chi connectivity index (χ3v) is 6.62. The summed E-state index contributed by atoms with van der Waals surface area (Å²) >= 11 is 1.48. The van der Waals surface area contributed by atoms with Crippen LogP contribution in [0.3, 0.4) is 0 Å². The highest BCUT2D eigenvalue weighted by Gasteiger charge is 2.41.